The molecule has 0 radical (unpaired) electrons. The van der Waals surface area contributed by atoms with Gasteiger partial charge in [-0.3, -0.25) is 9.69 Å². The highest BCUT2D eigenvalue weighted by Gasteiger charge is 2.39. The molecule has 2 fully saturated rings. The molecule has 0 aliphatic carbocycles. The molecule has 0 unspecified atom stereocenters. The van der Waals surface area contributed by atoms with Crippen LogP contribution in [0.4, 0.5) is 28.7 Å². The standard InChI is InChI=1S/C27H38N6O2/c1-19(2)31-13-15-32(16-14-31)22-7-5-21(6-8-22)28-25-10-9-24-26(29-25)33(20(3)27(34)30(24)4)23-11-17-35-18-12-23/h5-10,19-20,23H,11-18H2,1-4H3,(H,28,29)/t20-/m1/s1. The quantitative estimate of drug-likeness (QED) is 0.703. The SMILES string of the molecule is CC(C)N1CCN(c2ccc(Nc3ccc4c(n3)N(C3CCOCC3)[C@H](C)C(=O)N4C)cc2)CC1. The summed E-state index contributed by atoms with van der Waals surface area (Å²) in [7, 11) is 1.84. The van der Waals surface area contributed by atoms with E-state index in [1.807, 2.05) is 26.1 Å². The van der Waals surface area contributed by atoms with Crippen LogP contribution in [0.1, 0.15) is 33.6 Å². The number of nitrogens with one attached hydrogen (secondary N) is 1. The van der Waals surface area contributed by atoms with E-state index in [2.05, 4.69) is 58.1 Å². The maximum Gasteiger partial charge on any atom is 0.249 e. The van der Waals surface area contributed by atoms with Gasteiger partial charge in [-0.15, -0.1) is 0 Å². The van der Waals surface area contributed by atoms with E-state index < -0.39 is 0 Å². The molecule has 1 aromatic carbocycles. The molecular formula is C27H38N6O2. The van der Waals surface area contributed by atoms with E-state index in [4.69, 9.17) is 9.72 Å². The summed E-state index contributed by atoms with van der Waals surface area (Å²) in [6.45, 7) is 12.3. The molecule has 8 heteroatoms. The van der Waals surface area contributed by atoms with E-state index in [0.717, 1.165) is 75.2 Å². The van der Waals surface area contributed by atoms with Crippen LogP contribution in [0.3, 0.4) is 0 Å². The van der Waals surface area contributed by atoms with Crippen molar-refractivity contribution in [3.8, 4) is 0 Å². The van der Waals surface area contributed by atoms with Gasteiger partial charge in [0.2, 0.25) is 5.91 Å². The van der Waals surface area contributed by atoms with Gasteiger partial charge in [-0.05, 0) is 70.0 Å². The fourth-order valence-corrected chi connectivity index (χ4v) is 5.52. The Labute approximate surface area is 208 Å². The number of anilines is 5. The van der Waals surface area contributed by atoms with Crippen molar-refractivity contribution < 1.29 is 9.53 Å². The Bertz CT molecular complexity index is 1030. The predicted molar refractivity (Wildman–Crippen MR) is 142 cm³/mol. The number of benzene rings is 1. The third-order valence-electron chi connectivity index (χ3n) is 7.70. The number of hydrogen-bond acceptors (Lipinski definition) is 7. The number of pyridine rings is 1. The Kier molecular flexibility index (Phi) is 6.84. The second kappa shape index (κ2) is 10.0. The highest BCUT2D eigenvalue weighted by molar-refractivity contribution is 6.04. The largest absolute Gasteiger partial charge is 0.381 e. The third-order valence-corrected chi connectivity index (χ3v) is 7.70. The normalized spacial score (nSPS) is 22.0. The first-order chi connectivity index (χ1) is 16.9. The fraction of sp³-hybridized carbons (Fsp3) is 0.556. The highest BCUT2D eigenvalue weighted by Crippen LogP contribution is 2.38. The average Bonchev–Trinajstić information content (AvgIpc) is 2.88. The Balaban J connectivity index is 1.32. The van der Waals surface area contributed by atoms with E-state index in [1.54, 1.807) is 4.90 Å². The topological polar surface area (TPSA) is 64.2 Å². The molecular weight excluding hydrogens is 440 g/mol. The summed E-state index contributed by atoms with van der Waals surface area (Å²) in [4.78, 5) is 26.9. The number of fused-ring (bicyclic) bond motifs is 1. The van der Waals surface area contributed by atoms with Crippen molar-refractivity contribution in [2.75, 3.05) is 66.5 Å². The van der Waals surface area contributed by atoms with Gasteiger partial charge in [-0.2, -0.15) is 0 Å². The smallest absolute Gasteiger partial charge is 0.249 e. The van der Waals surface area contributed by atoms with Crippen molar-refractivity contribution in [2.24, 2.45) is 0 Å². The number of likely N-dealkylation sites (N-methyl/N-ethyl adjacent to an activating group) is 1. The number of carbonyl (C=O) groups is 1. The summed E-state index contributed by atoms with van der Waals surface area (Å²) in [5.74, 6) is 1.77. The lowest BCUT2D eigenvalue weighted by Crippen LogP contribution is -2.56. The molecule has 2 saturated heterocycles. The monoisotopic (exact) mass is 478 g/mol. The first-order valence-electron chi connectivity index (χ1n) is 12.9. The fourth-order valence-electron chi connectivity index (χ4n) is 5.52. The van der Waals surface area contributed by atoms with Gasteiger partial charge < -0.3 is 24.8 Å². The lowest BCUT2D eigenvalue weighted by molar-refractivity contribution is -0.119. The van der Waals surface area contributed by atoms with E-state index in [9.17, 15) is 4.79 Å². The molecule has 1 amide bonds. The maximum absolute atomic E-state index is 12.9. The van der Waals surface area contributed by atoms with Crippen molar-refractivity contribution in [3.63, 3.8) is 0 Å². The highest BCUT2D eigenvalue weighted by atomic mass is 16.5. The molecule has 3 aliphatic heterocycles. The van der Waals surface area contributed by atoms with E-state index in [1.165, 1.54) is 5.69 Å². The lowest BCUT2D eigenvalue weighted by Gasteiger charge is -2.44. The minimum absolute atomic E-state index is 0.108. The zero-order valence-electron chi connectivity index (χ0n) is 21.4. The Hall–Kier alpha value is -2.84. The summed E-state index contributed by atoms with van der Waals surface area (Å²) in [5, 5.41) is 3.48. The maximum atomic E-state index is 12.9. The van der Waals surface area contributed by atoms with Gasteiger partial charge in [0.25, 0.3) is 0 Å². The number of carbonyl (C=O) groups excluding carboxylic acids is 1. The minimum atomic E-state index is -0.242. The molecule has 3 aliphatic rings. The van der Waals surface area contributed by atoms with Crippen LogP contribution in [0.2, 0.25) is 0 Å². The van der Waals surface area contributed by atoms with Crippen LogP contribution in [-0.4, -0.2) is 80.4 Å². The first kappa shape index (κ1) is 23.9. The Morgan fingerprint density at radius 2 is 1.69 bits per heavy atom. The van der Waals surface area contributed by atoms with Crippen LogP contribution in [0.15, 0.2) is 36.4 Å². The van der Waals surface area contributed by atoms with Crippen LogP contribution in [-0.2, 0) is 9.53 Å². The molecule has 8 nitrogen and oxygen atoms in total. The van der Waals surface area contributed by atoms with E-state index in [-0.39, 0.29) is 18.0 Å². The van der Waals surface area contributed by atoms with Crippen molar-refractivity contribution >= 4 is 34.6 Å². The molecule has 2 aromatic rings. The van der Waals surface area contributed by atoms with Gasteiger partial charge in [0.15, 0.2) is 5.82 Å². The average molecular weight is 479 g/mol. The van der Waals surface area contributed by atoms with Crippen molar-refractivity contribution in [3.05, 3.63) is 36.4 Å². The molecule has 188 valence electrons. The summed E-state index contributed by atoms with van der Waals surface area (Å²) in [6, 6.07) is 13.2. The van der Waals surface area contributed by atoms with Gasteiger partial charge in [0.1, 0.15) is 11.9 Å². The molecule has 0 bridgehead atoms. The van der Waals surface area contributed by atoms with E-state index in [0.29, 0.717) is 6.04 Å². The van der Waals surface area contributed by atoms with Gasteiger partial charge >= 0.3 is 0 Å². The van der Waals surface area contributed by atoms with Gasteiger partial charge in [-0.25, -0.2) is 4.98 Å². The molecule has 1 N–H and O–H groups in total. The van der Waals surface area contributed by atoms with Crippen LogP contribution in [0, 0.1) is 0 Å². The van der Waals surface area contributed by atoms with Crippen LogP contribution in [0.5, 0.6) is 0 Å². The van der Waals surface area contributed by atoms with Gasteiger partial charge in [0, 0.05) is 69.9 Å². The summed E-state index contributed by atoms with van der Waals surface area (Å²) in [6.07, 6.45) is 1.82. The van der Waals surface area contributed by atoms with E-state index >= 15 is 0 Å². The molecule has 1 atom stereocenters. The second-order valence-electron chi connectivity index (χ2n) is 10.2. The number of piperazine rings is 1. The number of ether oxygens (including phenoxy) is 1. The summed E-state index contributed by atoms with van der Waals surface area (Å²) >= 11 is 0. The van der Waals surface area contributed by atoms with Crippen molar-refractivity contribution in [1.82, 2.24) is 9.88 Å². The first-order valence-corrected chi connectivity index (χ1v) is 12.9. The minimum Gasteiger partial charge on any atom is -0.381 e. The molecule has 1 aromatic heterocycles. The van der Waals surface area contributed by atoms with Crippen LogP contribution >= 0.6 is 0 Å². The summed E-state index contributed by atoms with van der Waals surface area (Å²) < 4.78 is 5.57. The lowest BCUT2D eigenvalue weighted by atomic mass is 10.0. The third kappa shape index (κ3) is 4.82. The summed E-state index contributed by atoms with van der Waals surface area (Å²) in [5.41, 5.74) is 3.13. The number of rotatable bonds is 5. The Morgan fingerprint density at radius 1 is 1.00 bits per heavy atom. The second-order valence-corrected chi connectivity index (χ2v) is 10.2. The zero-order valence-corrected chi connectivity index (χ0v) is 21.4. The molecule has 4 heterocycles. The number of amides is 1. The molecule has 35 heavy (non-hydrogen) atoms. The Morgan fingerprint density at radius 3 is 2.34 bits per heavy atom. The number of nitrogens with zero attached hydrogens (tertiary/aromatic N) is 5. The van der Waals surface area contributed by atoms with Crippen molar-refractivity contribution in [1.29, 1.82) is 0 Å². The predicted octanol–water partition coefficient (Wildman–Crippen LogP) is 3.71. The van der Waals surface area contributed by atoms with Gasteiger partial charge in [0.05, 0.1) is 5.69 Å². The van der Waals surface area contributed by atoms with Gasteiger partial charge in [-0.1, -0.05) is 0 Å². The molecule has 0 saturated carbocycles. The van der Waals surface area contributed by atoms with Crippen molar-refractivity contribution in [2.45, 2.75) is 51.7 Å². The molecule has 5 rings (SSSR count). The zero-order chi connectivity index (χ0) is 24.5. The van der Waals surface area contributed by atoms with Crippen LogP contribution in [0.25, 0.3) is 0 Å². The number of hydrogen-bond donors (Lipinski definition) is 1. The number of aromatic nitrogens is 1. The molecule has 0 spiro atoms. The van der Waals surface area contributed by atoms with Crippen LogP contribution < -0.4 is 20.0 Å².